The van der Waals surface area contributed by atoms with Gasteiger partial charge in [-0.1, -0.05) is 0 Å². The van der Waals surface area contributed by atoms with E-state index in [-0.39, 0.29) is 43.0 Å². The summed E-state index contributed by atoms with van der Waals surface area (Å²) in [5.74, 6) is -5.82. The molecule has 4 aliphatic rings. The highest BCUT2D eigenvalue weighted by atomic mass is 19.3. The van der Waals surface area contributed by atoms with Gasteiger partial charge in [0.25, 0.3) is 5.92 Å². The molecule has 2 unspecified atom stereocenters. The fourth-order valence-electron chi connectivity index (χ4n) is 5.92. The summed E-state index contributed by atoms with van der Waals surface area (Å²) in [7, 11) is 0. The quantitative estimate of drug-likeness (QED) is 0.629. The molecule has 172 valence electrons. The van der Waals surface area contributed by atoms with Crippen molar-refractivity contribution in [3.8, 4) is 0 Å². The van der Waals surface area contributed by atoms with Crippen LogP contribution in [0.1, 0.15) is 62.2 Å². The summed E-state index contributed by atoms with van der Waals surface area (Å²) in [6.07, 6.45) is 7.10. The van der Waals surface area contributed by atoms with Crippen molar-refractivity contribution in [2.24, 2.45) is 29.6 Å². The zero-order valence-electron chi connectivity index (χ0n) is 17.6. The van der Waals surface area contributed by atoms with Crippen LogP contribution in [0.15, 0.2) is 18.5 Å². The van der Waals surface area contributed by atoms with Crippen LogP contribution < -0.4 is 5.32 Å². The van der Waals surface area contributed by atoms with E-state index in [0.717, 1.165) is 24.1 Å². The first-order valence-electron chi connectivity index (χ1n) is 11.6. The molecule has 0 saturated heterocycles. The van der Waals surface area contributed by atoms with E-state index in [9.17, 15) is 22.4 Å². The molecule has 2 aromatic heterocycles. The number of carbonyl (C=O) groups excluding carboxylic acids is 1. The van der Waals surface area contributed by atoms with E-state index in [0.29, 0.717) is 30.8 Å². The molecule has 9 heteroatoms. The smallest absolute Gasteiger partial charge is 0.254 e. The number of amides is 1. The Kier molecular flexibility index (Phi) is 4.41. The Hall–Kier alpha value is -2.19. The van der Waals surface area contributed by atoms with Gasteiger partial charge in [-0.3, -0.25) is 4.79 Å². The van der Waals surface area contributed by atoms with Crippen molar-refractivity contribution in [3.63, 3.8) is 0 Å². The minimum atomic E-state index is -2.62. The van der Waals surface area contributed by atoms with Crippen molar-refractivity contribution in [3.05, 3.63) is 29.7 Å². The molecule has 4 atom stereocenters. The van der Waals surface area contributed by atoms with E-state index in [1.165, 1.54) is 0 Å². The summed E-state index contributed by atoms with van der Waals surface area (Å²) in [5.41, 5.74) is 2.39. The van der Waals surface area contributed by atoms with Gasteiger partial charge in [0.15, 0.2) is 5.65 Å². The number of alkyl halides is 4. The summed E-state index contributed by atoms with van der Waals surface area (Å²) in [6.45, 7) is 0. The average Bonchev–Trinajstić information content (AvgIpc) is 3.47. The monoisotopic (exact) mass is 450 g/mol. The first kappa shape index (κ1) is 20.4. The number of carbonyl (C=O) groups is 1. The van der Waals surface area contributed by atoms with Crippen molar-refractivity contribution in [2.75, 3.05) is 0 Å². The molecule has 4 aliphatic carbocycles. The molecule has 5 nitrogen and oxygen atoms in total. The lowest BCUT2D eigenvalue weighted by molar-refractivity contribution is -0.134. The molecular weight excluding hydrogens is 424 g/mol. The third-order valence-corrected chi connectivity index (χ3v) is 7.85. The highest BCUT2D eigenvalue weighted by Gasteiger charge is 2.71. The fourth-order valence-corrected chi connectivity index (χ4v) is 5.92. The molecule has 0 aliphatic heterocycles. The van der Waals surface area contributed by atoms with Crippen LogP contribution >= 0.6 is 0 Å². The molecular formula is C23H26F4N4O. The van der Waals surface area contributed by atoms with Gasteiger partial charge in [-0.25, -0.2) is 27.1 Å². The number of hydrogen-bond acceptors (Lipinski definition) is 3. The van der Waals surface area contributed by atoms with E-state index >= 15 is 0 Å². The number of rotatable bonds is 7. The van der Waals surface area contributed by atoms with E-state index in [2.05, 4.69) is 15.4 Å². The van der Waals surface area contributed by atoms with Crippen LogP contribution in [0.25, 0.3) is 5.65 Å². The highest BCUT2D eigenvalue weighted by molar-refractivity contribution is 5.77. The second-order valence-electron chi connectivity index (χ2n) is 10.5. The van der Waals surface area contributed by atoms with Crippen molar-refractivity contribution in [2.45, 2.75) is 69.3 Å². The number of fused-ring (bicyclic) bond motifs is 2. The minimum Gasteiger partial charge on any atom is -0.349 e. The predicted molar refractivity (Wildman–Crippen MR) is 107 cm³/mol. The molecule has 0 aromatic carbocycles. The van der Waals surface area contributed by atoms with Crippen LogP contribution in [0.2, 0.25) is 0 Å². The van der Waals surface area contributed by atoms with Crippen molar-refractivity contribution < 1.29 is 22.4 Å². The molecule has 2 aromatic rings. The Labute approximate surface area is 183 Å². The average molecular weight is 450 g/mol. The van der Waals surface area contributed by atoms with Gasteiger partial charge in [-0.15, -0.1) is 0 Å². The lowest BCUT2D eigenvalue weighted by Crippen LogP contribution is -2.39. The molecule has 4 saturated carbocycles. The molecule has 6 rings (SSSR count). The summed E-state index contributed by atoms with van der Waals surface area (Å²) in [5, 5.41) is 7.49. The normalized spacial score (nSPS) is 31.2. The Morgan fingerprint density at radius 2 is 1.88 bits per heavy atom. The third-order valence-electron chi connectivity index (χ3n) is 7.85. The Bertz CT molecular complexity index is 1040. The topological polar surface area (TPSA) is 59.3 Å². The Morgan fingerprint density at radius 1 is 1.16 bits per heavy atom. The van der Waals surface area contributed by atoms with Crippen LogP contribution in [0.3, 0.4) is 0 Å². The zero-order chi connectivity index (χ0) is 22.3. The van der Waals surface area contributed by atoms with Gasteiger partial charge in [0.1, 0.15) is 0 Å². The number of imidazole rings is 1. The third kappa shape index (κ3) is 3.67. The summed E-state index contributed by atoms with van der Waals surface area (Å²) in [6, 6.07) is 1.72. The SMILES string of the molecule is O=C(CC1CC(F)(F)C1)NC(c1cnn2cc(CC3C[C@@H]4[C@H](C3)C4(F)F)nc2c1)C1CC1. The van der Waals surface area contributed by atoms with Crippen molar-refractivity contribution in [1.82, 2.24) is 19.9 Å². The van der Waals surface area contributed by atoms with Crippen LogP contribution in [-0.2, 0) is 11.2 Å². The lowest BCUT2D eigenvalue weighted by Gasteiger charge is -2.34. The first-order chi connectivity index (χ1) is 15.2. The Balaban J connectivity index is 1.12. The van der Waals surface area contributed by atoms with Crippen LogP contribution in [0, 0.1) is 29.6 Å². The molecule has 0 radical (unpaired) electrons. The Morgan fingerprint density at radius 3 is 2.53 bits per heavy atom. The maximum Gasteiger partial charge on any atom is 0.254 e. The number of nitrogens with one attached hydrogen (secondary N) is 1. The number of hydrogen-bond donors (Lipinski definition) is 1. The molecule has 32 heavy (non-hydrogen) atoms. The summed E-state index contributed by atoms with van der Waals surface area (Å²) < 4.78 is 54.7. The fraction of sp³-hybridized carbons (Fsp3) is 0.696. The van der Waals surface area contributed by atoms with Crippen LogP contribution in [0.4, 0.5) is 17.6 Å². The van der Waals surface area contributed by atoms with Gasteiger partial charge in [-0.2, -0.15) is 5.10 Å². The van der Waals surface area contributed by atoms with Gasteiger partial charge in [-0.05, 0) is 61.5 Å². The summed E-state index contributed by atoms with van der Waals surface area (Å²) >= 11 is 0. The van der Waals surface area contributed by atoms with E-state index in [4.69, 9.17) is 0 Å². The minimum absolute atomic E-state index is 0.129. The highest BCUT2D eigenvalue weighted by Crippen LogP contribution is 2.66. The number of nitrogens with zero attached hydrogens (tertiary/aromatic N) is 3. The molecule has 4 fully saturated rings. The standard InChI is InChI=1S/C23H26F4N4O/c24-22(25)8-13(9-22)6-20(32)30-21(14-1-2-14)15-7-19-29-16(11-31(19)28-10-15)3-12-4-17-18(5-12)23(17,26)27/h7,10-14,17-18,21H,1-6,8-9H2,(H,30,32)/t12?,17-,18+,21?. The van der Waals surface area contributed by atoms with Gasteiger partial charge < -0.3 is 5.32 Å². The van der Waals surface area contributed by atoms with E-state index in [1.807, 2.05) is 12.3 Å². The van der Waals surface area contributed by atoms with E-state index in [1.54, 1.807) is 10.7 Å². The van der Waals surface area contributed by atoms with E-state index < -0.39 is 23.7 Å². The van der Waals surface area contributed by atoms with Crippen LogP contribution in [-0.4, -0.2) is 32.4 Å². The van der Waals surface area contributed by atoms with Crippen molar-refractivity contribution >= 4 is 11.6 Å². The second-order valence-corrected chi connectivity index (χ2v) is 10.5. The molecule has 0 spiro atoms. The van der Waals surface area contributed by atoms with Crippen LogP contribution in [0.5, 0.6) is 0 Å². The van der Waals surface area contributed by atoms with Crippen molar-refractivity contribution in [1.29, 1.82) is 0 Å². The molecule has 0 bridgehead atoms. The lowest BCUT2D eigenvalue weighted by atomic mass is 9.79. The van der Waals surface area contributed by atoms with Gasteiger partial charge in [0.05, 0.1) is 24.1 Å². The summed E-state index contributed by atoms with van der Waals surface area (Å²) in [4.78, 5) is 17.1. The largest absolute Gasteiger partial charge is 0.349 e. The molecule has 2 heterocycles. The van der Waals surface area contributed by atoms with Gasteiger partial charge >= 0.3 is 0 Å². The first-order valence-corrected chi connectivity index (χ1v) is 11.6. The van der Waals surface area contributed by atoms with Gasteiger partial charge in [0, 0.05) is 31.1 Å². The predicted octanol–water partition coefficient (Wildman–Crippen LogP) is 4.57. The molecule has 1 amide bonds. The van der Waals surface area contributed by atoms with Gasteiger partial charge in [0.2, 0.25) is 11.8 Å². The number of aromatic nitrogens is 3. The number of halogens is 4. The zero-order valence-corrected chi connectivity index (χ0v) is 17.6. The second kappa shape index (κ2) is 6.90. The molecule has 1 N–H and O–H groups in total. The maximum atomic E-state index is 13.4. The maximum absolute atomic E-state index is 13.4.